The maximum absolute atomic E-state index is 12.3. The molecule has 1 aliphatic rings. The Morgan fingerprint density at radius 2 is 1.76 bits per heavy atom. The molecule has 3 aromatic heterocycles. The van der Waals surface area contributed by atoms with E-state index in [1.54, 1.807) is 6.20 Å². The van der Waals surface area contributed by atoms with Gasteiger partial charge in [-0.3, -0.25) is 4.40 Å². The third-order valence-corrected chi connectivity index (χ3v) is 6.72. The lowest BCUT2D eigenvalue weighted by Gasteiger charge is -2.29. The zero-order valence-corrected chi connectivity index (χ0v) is 23.0. The molecule has 1 saturated heterocycles. The molecule has 0 atom stereocenters. The van der Waals surface area contributed by atoms with E-state index in [1.807, 2.05) is 85.1 Å². The third kappa shape index (κ3) is 5.97. The Balaban J connectivity index is 1.33. The maximum Gasteiger partial charge on any atom is 0.319 e. The van der Waals surface area contributed by atoms with Gasteiger partial charge in [0.15, 0.2) is 0 Å². The van der Waals surface area contributed by atoms with Crippen LogP contribution in [-0.4, -0.2) is 57.7 Å². The molecular weight excluding hydrogens is 516 g/mol. The van der Waals surface area contributed by atoms with E-state index < -0.39 is 0 Å². The zero-order chi connectivity index (χ0) is 28.2. The Bertz CT molecular complexity index is 1680. The number of nitrogens with zero attached hydrogens (tertiary/aromatic N) is 5. The van der Waals surface area contributed by atoms with Crippen LogP contribution in [0.5, 0.6) is 0 Å². The lowest BCUT2D eigenvalue weighted by Crippen LogP contribution is -2.36. The van der Waals surface area contributed by atoms with Crippen LogP contribution in [0, 0.1) is 0 Å². The number of anilines is 4. The van der Waals surface area contributed by atoms with Crippen LogP contribution in [0.2, 0.25) is 0 Å². The number of carbonyl (C=O) groups excluding carboxylic acids is 1. The molecule has 1 aliphatic heterocycles. The molecule has 0 aliphatic carbocycles. The molecule has 0 spiro atoms. The van der Waals surface area contributed by atoms with Crippen LogP contribution in [0.3, 0.4) is 0 Å². The first-order valence-corrected chi connectivity index (χ1v) is 13.7. The van der Waals surface area contributed by atoms with E-state index in [0.717, 1.165) is 66.0 Å². The van der Waals surface area contributed by atoms with Gasteiger partial charge in [-0.25, -0.2) is 19.7 Å². The number of ether oxygens (including phenoxy) is 1. The molecule has 0 bridgehead atoms. The van der Waals surface area contributed by atoms with Crippen molar-refractivity contribution in [3.8, 4) is 22.6 Å². The first kappa shape index (κ1) is 26.3. The van der Waals surface area contributed by atoms with Gasteiger partial charge in [-0.15, -0.1) is 0 Å². The van der Waals surface area contributed by atoms with Gasteiger partial charge < -0.3 is 25.6 Å². The zero-order valence-electron chi connectivity index (χ0n) is 23.0. The second kappa shape index (κ2) is 11.6. The van der Waals surface area contributed by atoms with Crippen LogP contribution in [-0.2, 0) is 4.74 Å². The minimum absolute atomic E-state index is 0.0330. The Kier molecular flexibility index (Phi) is 7.46. The Morgan fingerprint density at radius 1 is 0.927 bits per heavy atom. The fourth-order valence-corrected chi connectivity index (χ4v) is 4.90. The van der Waals surface area contributed by atoms with Crippen molar-refractivity contribution in [1.82, 2.24) is 24.7 Å². The normalized spacial score (nSPS) is 13.4. The molecule has 0 radical (unpaired) electrons. The van der Waals surface area contributed by atoms with Gasteiger partial charge in [0, 0.05) is 54.2 Å². The number of hydrogen-bond acceptors (Lipinski definition) is 7. The van der Waals surface area contributed by atoms with Gasteiger partial charge in [-0.2, -0.15) is 0 Å². The molecule has 5 aromatic rings. The van der Waals surface area contributed by atoms with Crippen molar-refractivity contribution < 1.29 is 9.53 Å². The highest BCUT2D eigenvalue weighted by Gasteiger charge is 2.19. The summed E-state index contributed by atoms with van der Waals surface area (Å²) in [6.45, 7) is 7.04. The summed E-state index contributed by atoms with van der Waals surface area (Å²) in [5.41, 5.74) is 6.67. The number of aromatic nitrogens is 4. The first-order valence-electron chi connectivity index (χ1n) is 13.7. The van der Waals surface area contributed by atoms with Crippen molar-refractivity contribution >= 4 is 34.7 Å². The van der Waals surface area contributed by atoms with Crippen LogP contribution in [0.4, 0.5) is 27.8 Å². The molecular formula is C31H32N8O2. The largest absolute Gasteiger partial charge is 0.378 e. The Morgan fingerprint density at radius 3 is 2.61 bits per heavy atom. The van der Waals surface area contributed by atoms with Crippen LogP contribution in [0.1, 0.15) is 13.8 Å². The van der Waals surface area contributed by atoms with Crippen LogP contribution >= 0.6 is 0 Å². The summed E-state index contributed by atoms with van der Waals surface area (Å²) in [6, 6.07) is 23.5. The molecule has 41 heavy (non-hydrogen) atoms. The minimum atomic E-state index is -0.253. The summed E-state index contributed by atoms with van der Waals surface area (Å²) in [5.74, 6) is 0.485. The smallest absolute Gasteiger partial charge is 0.319 e. The number of nitrogens with one attached hydrogen (secondary N) is 3. The summed E-state index contributed by atoms with van der Waals surface area (Å²) in [4.78, 5) is 29.0. The van der Waals surface area contributed by atoms with E-state index >= 15 is 0 Å². The number of amides is 2. The van der Waals surface area contributed by atoms with E-state index in [-0.39, 0.29) is 12.1 Å². The van der Waals surface area contributed by atoms with Crippen molar-refractivity contribution in [2.75, 3.05) is 41.8 Å². The van der Waals surface area contributed by atoms with Crippen LogP contribution < -0.4 is 20.9 Å². The molecule has 208 valence electrons. The van der Waals surface area contributed by atoms with Gasteiger partial charge in [0.05, 0.1) is 30.3 Å². The number of carbonyl (C=O) groups is 1. The van der Waals surface area contributed by atoms with Crippen molar-refractivity contribution in [2.24, 2.45) is 0 Å². The SMILES string of the molecule is CC(C)NC(=O)Nc1cccc(-c2nc3ccccn3c2-c2ccnc(Nc3cccc(N4CCOCC4)c3)n2)c1. The molecule has 0 unspecified atom stereocenters. The number of pyridine rings is 1. The molecule has 2 amide bonds. The molecule has 10 nitrogen and oxygen atoms in total. The monoisotopic (exact) mass is 548 g/mol. The van der Waals surface area contributed by atoms with Gasteiger partial charge in [0.25, 0.3) is 0 Å². The van der Waals surface area contributed by atoms with E-state index in [0.29, 0.717) is 11.6 Å². The molecule has 0 saturated carbocycles. The number of urea groups is 1. The van der Waals surface area contributed by atoms with Crippen molar-refractivity contribution in [3.63, 3.8) is 0 Å². The van der Waals surface area contributed by atoms with Gasteiger partial charge in [-0.1, -0.05) is 24.3 Å². The van der Waals surface area contributed by atoms with E-state index in [2.05, 4.69) is 38.0 Å². The summed E-state index contributed by atoms with van der Waals surface area (Å²) < 4.78 is 7.52. The maximum atomic E-state index is 12.3. The Hall–Kier alpha value is -4.96. The summed E-state index contributed by atoms with van der Waals surface area (Å²) in [7, 11) is 0. The topological polar surface area (TPSA) is 109 Å². The lowest BCUT2D eigenvalue weighted by molar-refractivity contribution is 0.122. The number of rotatable bonds is 7. The van der Waals surface area contributed by atoms with E-state index in [4.69, 9.17) is 14.7 Å². The standard InChI is InChI=1S/C31H32N8O2/c1-21(2)33-31(40)35-23-8-5-7-22(19-23)28-29(39-14-4-3-11-27(39)37-28)26-12-13-32-30(36-26)34-24-9-6-10-25(20-24)38-15-17-41-18-16-38/h3-14,19-21H,15-18H2,1-2H3,(H,32,34,36)(H2,33,35,40). The molecule has 2 aromatic carbocycles. The highest BCUT2D eigenvalue weighted by molar-refractivity contribution is 5.91. The highest BCUT2D eigenvalue weighted by atomic mass is 16.5. The number of morpholine rings is 1. The lowest BCUT2D eigenvalue weighted by atomic mass is 10.1. The quantitative estimate of drug-likeness (QED) is 0.244. The number of benzene rings is 2. The average molecular weight is 549 g/mol. The fraction of sp³-hybridized carbons (Fsp3) is 0.226. The van der Waals surface area contributed by atoms with Crippen LogP contribution in [0.25, 0.3) is 28.3 Å². The molecule has 3 N–H and O–H groups in total. The van der Waals surface area contributed by atoms with Crippen molar-refractivity contribution in [1.29, 1.82) is 0 Å². The van der Waals surface area contributed by atoms with Crippen molar-refractivity contribution in [2.45, 2.75) is 19.9 Å². The third-order valence-electron chi connectivity index (χ3n) is 6.72. The van der Waals surface area contributed by atoms with E-state index in [9.17, 15) is 4.79 Å². The average Bonchev–Trinajstić information content (AvgIpc) is 3.37. The Labute approximate surface area is 238 Å². The summed E-state index contributed by atoms with van der Waals surface area (Å²) >= 11 is 0. The van der Waals surface area contributed by atoms with Gasteiger partial charge in [-0.05, 0) is 62.4 Å². The molecule has 1 fully saturated rings. The second-order valence-corrected chi connectivity index (χ2v) is 10.1. The fourth-order valence-electron chi connectivity index (χ4n) is 4.90. The van der Waals surface area contributed by atoms with E-state index in [1.165, 1.54) is 0 Å². The second-order valence-electron chi connectivity index (χ2n) is 10.1. The number of fused-ring (bicyclic) bond motifs is 1. The first-order chi connectivity index (χ1) is 20.0. The number of imidazole rings is 1. The predicted octanol–water partition coefficient (Wildman–Crippen LogP) is 5.57. The summed E-state index contributed by atoms with van der Waals surface area (Å²) in [6.07, 6.45) is 3.72. The highest BCUT2D eigenvalue weighted by Crippen LogP contribution is 2.33. The van der Waals surface area contributed by atoms with Crippen molar-refractivity contribution in [3.05, 3.63) is 85.2 Å². The predicted molar refractivity (Wildman–Crippen MR) is 162 cm³/mol. The van der Waals surface area contributed by atoms with Gasteiger partial charge in [0.2, 0.25) is 5.95 Å². The molecule has 4 heterocycles. The molecule has 10 heteroatoms. The van der Waals surface area contributed by atoms with Gasteiger partial charge >= 0.3 is 6.03 Å². The number of hydrogen-bond donors (Lipinski definition) is 3. The summed E-state index contributed by atoms with van der Waals surface area (Å²) in [5, 5.41) is 9.14. The van der Waals surface area contributed by atoms with Crippen LogP contribution in [0.15, 0.2) is 85.2 Å². The van der Waals surface area contributed by atoms with Gasteiger partial charge in [0.1, 0.15) is 5.65 Å². The molecule has 6 rings (SSSR count). The minimum Gasteiger partial charge on any atom is -0.378 e.